The zero-order valence-corrected chi connectivity index (χ0v) is 14.3. The molecule has 0 spiro atoms. The van der Waals surface area contributed by atoms with E-state index in [1.807, 2.05) is 24.3 Å². The molecular formula is C20H20N2O4. The number of carbonyl (C=O) groups is 2. The second-order valence-electron chi connectivity index (χ2n) is 6.81. The van der Waals surface area contributed by atoms with Gasteiger partial charge < -0.3 is 14.7 Å². The molecule has 1 N–H and O–H groups in total. The Labute approximate surface area is 151 Å². The largest absolute Gasteiger partial charge is 0.480 e. The quantitative estimate of drug-likeness (QED) is 0.915. The Morgan fingerprint density at radius 2 is 1.92 bits per heavy atom. The molecule has 1 atom stereocenters. The predicted molar refractivity (Wildman–Crippen MR) is 93.9 cm³/mol. The zero-order valence-electron chi connectivity index (χ0n) is 14.3. The molecule has 1 aromatic heterocycles. The van der Waals surface area contributed by atoms with Crippen LogP contribution in [0.4, 0.5) is 0 Å². The molecule has 1 amide bonds. The highest BCUT2D eigenvalue weighted by Gasteiger charge is 2.35. The van der Waals surface area contributed by atoms with Crippen LogP contribution in [0.2, 0.25) is 0 Å². The molecule has 1 aromatic carbocycles. The number of benzene rings is 1. The lowest BCUT2D eigenvalue weighted by Crippen LogP contribution is -2.48. The summed E-state index contributed by atoms with van der Waals surface area (Å²) in [6.45, 7) is 0.285. The second kappa shape index (κ2) is 6.78. The van der Waals surface area contributed by atoms with Crippen molar-refractivity contribution >= 4 is 11.9 Å². The number of hydrogen-bond donors (Lipinski definition) is 1. The standard InChI is InChI=1S/C20H20N2O4/c23-19(14-8-9-21-18(11-14)26-16-6-3-7-16)22-12-15-5-2-1-4-13(15)10-17(22)20(24)25/h1-2,4-5,8-9,11,16-17H,3,6-7,10,12H2,(H,24,25). The molecule has 6 nitrogen and oxygen atoms in total. The van der Waals surface area contributed by atoms with E-state index >= 15 is 0 Å². The molecule has 134 valence electrons. The first-order valence-corrected chi connectivity index (χ1v) is 8.85. The first kappa shape index (κ1) is 16.6. The molecule has 1 unspecified atom stereocenters. The smallest absolute Gasteiger partial charge is 0.326 e. The number of rotatable bonds is 4. The minimum atomic E-state index is -0.993. The van der Waals surface area contributed by atoms with Crippen LogP contribution in [0, 0.1) is 0 Å². The minimum Gasteiger partial charge on any atom is -0.480 e. The van der Waals surface area contributed by atoms with Gasteiger partial charge in [-0.3, -0.25) is 4.79 Å². The summed E-state index contributed by atoms with van der Waals surface area (Å²) >= 11 is 0. The van der Waals surface area contributed by atoms with Crippen molar-refractivity contribution in [3.63, 3.8) is 0 Å². The monoisotopic (exact) mass is 352 g/mol. The first-order chi connectivity index (χ1) is 12.6. The van der Waals surface area contributed by atoms with Gasteiger partial charge in [-0.05, 0) is 36.5 Å². The fourth-order valence-corrected chi connectivity index (χ4v) is 3.39. The number of pyridine rings is 1. The van der Waals surface area contributed by atoms with Gasteiger partial charge in [-0.2, -0.15) is 0 Å². The number of carboxylic acid groups (broad SMARTS) is 1. The summed E-state index contributed by atoms with van der Waals surface area (Å²) in [5.74, 6) is -0.884. The average molecular weight is 352 g/mol. The van der Waals surface area contributed by atoms with E-state index in [0.717, 1.165) is 30.4 Å². The molecule has 0 radical (unpaired) electrons. The van der Waals surface area contributed by atoms with Crippen molar-refractivity contribution in [3.8, 4) is 5.88 Å². The van der Waals surface area contributed by atoms with Gasteiger partial charge in [-0.25, -0.2) is 9.78 Å². The molecule has 2 heterocycles. The van der Waals surface area contributed by atoms with Gasteiger partial charge in [0, 0.05) is 30.8 Å². The summed E-state index contributed by atoms with van der Waals surface area (Å²) < 4.78 is 5.76. The van der Waals surface area contributed by atoms with Gasteiger partial charge in [-0.15, -0.1) is 0 Å². The van der Waals surface area contributed by atoms with Crippen molar-refractivity contribution in [2.45, 2.75) is 44.4 Å². The van der Waals surface area contributed by atoms with Gasteiger partial charge in [0.05, 0.1) is 0 Å². The van der Waals surface area contributed by atoms with Crippen molar-refractivity contribution in [1.82, 2.24) is 9.88 Å². The van der Waals surface area contributed by atoms with Crippen molar-refractivity contribution in [3.05, 3.63) is 59.3 Å². The van der Waals surface area contributed by atoms with Crippen LogP contribution in [0.3, 0.4) is 0 Å². The summed E-state index contributed by atoms with van der Waals surface area (Å²) in [4.78, 5) is 30.4. The van der Waals surface area contributed by atoms with Crippen LogP contribution in [0.15, 0.2) is 42.6 Å². The van der Waals surface area contributed by atoms with Crippen LogP contribution < -0.4 is 4.74 Å². The molecule has 1 fully saturated rings. The molecule has 0 bridgehead atoms. The van der Waals surface area contributed by atoms with Crippen LogP contribution in [-0.4, -0.2) is 39.0 Å². The van der Waals surface area contributed by atoms with Gasteiger partial charge in [-0.1, -0.05) is 24.3 Å². The third kappa shape index (κ3) is 3.14. The molecule has 0 saturated heterocycles. The molecule has 1 aliphatic carbocycles. The van der Waals surface area contributed by atoms with Gasteiger partial charge in [0.2, 0.25) is 5.88 Å². The van der Waals surface area contributed by atoms with Crippen molar-refractivity contribution < 1.29 is 19.4 Å². The van der Waals surface area contributed by atoms with Crippen LogP contribution in [0.1, 0.15) is 40.7 Å². The minimum absolute atomic E-state index is 0.168. The summed E-state index contributed by atoms with van der Waals surface area (Å²) in [6, 6.07) is 9.99. The van der Waals surface area contributed by atoms with E-state index in [9.17, 15) is 14.7 Å². The fraction of sp³-hybridized carbons (Fsp3) is 0.350. The molecule has 1 saturated carbocycles. The number of aliphatic carboxylic acids is 1. The average Bonchev–Trinajstić information content (AvgIpc) is 2.63. The highest BCUT2D eigenvalue weighted by atomic mass is 16.5. The summed E-state index contributed by atoms with van der Waals surface area (Å²) in [5.41, 5.74) is 2.37. The zero-order chi connectivity index (χ0) is 18.1. The van der Waals surface area contributed by atoms with Crippen LogP contribution >= 0.6 is 0 Å². The molecule has 2 aliphatic rings. The number of nitrogens with zero attached hydrogens (tertiary/aromatic N) is 2. The first-order valence-electron chi connectivity index (χ1n) is 8.85. The fourth-order valence-electron chi connectivity index (χ4n) is 3.39. The van der Waals surface area contributed by atoms with Gasteiger partial charge >= 0.3 is 5.97 Å². The number of aromatic nitrogens is 1. The summed E-state index contributed by atoms with van der Waals surface area (Å²) in [5, 5.41) is 9.61. The van der Waals surface area contributed by atoms with E-state index in [0.29, 0.717) is 17.9 Å². The molecule has 2 aromatic rings. The molecule has 4 rings (SSSR count). The van der Waals surface area contributed by atoms with Crippen molar-refractivity contribution in [2.24, 2.45) is 0 Å². The Kier molecular flexibility index (Phi) is 4.32. The van der Waals surface area contributed by atoms with Gasteiger partial charge in [0.1, 0.15) is 12.1 Å². The van der Waals surface area contributed by atoms with E-state index in [1.165, 1.54) is 11.1 Å². The van der Waals surface area contributed by atoms with Gasteiger partial charge in [0.25, 0.3) is 5.91 Å². The Bertz CT molecular complexity index is 847. The summed E-state index contributed by atoms with van der Waals surface area (Å²) in [6.07, 6.45) is 5.18. The Morgan fingerprint density at radius 3 is 2.62 bits per heavy atom. The lowest BCUT2D eigenvalue weighted by atomic mass is 9.93. The van der Waals surface area contributed by atoms with E-state index in [1.54, 1.807) is 12.1 Å². The predicted octanol–water partition coefficient (Wildman–Crippen LogP) is 2.66. The van der Waals surface area contributed by atoms with E-state index in [4.69, 9.17) is 4.74 Å². The van der Waals surface area contributed by atoms with E-state index in [2.05, 4.69) is 4.98 Å². The molecule has 1 aliphatic heterocycles. The van der Waals surface area contributed by atoms with E-state index in [-0.39, 0.29) is 18.6 Å². The third-order valence-electron chi connectivity index (χ3n) is 5.12. The lowest BCUT2D eigenvalue weighted by Gasteiger charge is -2.34. The molecule has 26 heavy (non-hydrogen) atoms. The Balaban J connectivity index is 1.59. The summed E-state index contributed by atoms with van der Waals surface area (Å²) in [7, 11) is 0. The van der Waals surface area contributed by atoms with Crippen LogP contribution in [0.5, 0.6) is 5.88 Å². The SMILES string of the molecule is O=C(O)C1Cc2ccccc2CN1C(=O)c1ccnc(OC2CCC2)c1. The second-order valence-corrected chi connectivity index (χ2v) is 6.81. The molecular weight excluding hydrogens is 332 g/mol. The highest BCUT2D eigenvalue weighted by Crippen LogP contribution is 2.27. The van der Waals surface area contributed by atoms with Crippen LogP contribution in [-0.2, 0) is 17.8 Å². The third-order valence-corrected chi connectivity index (χ3v) is 5.12. The number of hydrogen-bond acceptors (Lipinski definition) is 4. The van der Waals surface area contributed by atoms with Gasteiger partial charge in [0.15, 0.2) is 0 Å². The van der Waals surface area contributed by atoms with Crippen LogP contribution in [0.25, 0.3) is 0 Å². The molecule has 6 heteroatoms. The maximum atomic E-state index is 13.0. The number of amides is 1. The maximum absolute atomic E-state index is 13.0. The number of fused-ring (bicyclic) bond motifs is 1. The Morgan fingerprint density at radius 1 is 1.15 bits per heavy atom. The number of carboxylic acids is 1. The van der Waals surface area contributed by atoms with E-state index < -0.39 is 12.0 Å². The highest BCUT2D eigenvalue weighted by molar-refractivity contribution is 5.97. The van der Waals surface area contributed by atoms with Crippen molar-refractivity contribution in [1.29, 1.82) is 0 Å². The maximum Gasteiger partial charge on any atom is 0.326 e. The lowest BCUT2D eigenvalue weighted by molar-refractivity contribution is -0.142. The number of carbonyl (C=O) groups excluding carboxylic acids is 1. The normalized spacial score (nSPS) is 19.4. The topological polar surface area (TPSA) is 79.7 Å². The van der Waals surface area contributed by atoms with Crippen molar-refractivity contribution in [2.75, 3.05) is 0 Å². The number of ether oxygens (including phenoxy) is 1. The Hall–Kier alpha value is -2.89.